The SMILES string of the molecule is Cc1nn(C)cc1CNc1cnc(-c2ccccc2)nc1. The molecule has 0 fully saturated rings. The van der Waals surface area contributed by atoms with Crippen molar-refractivity contribution in [2.24, 2.45) is 7.05 Å². The van der Waals surface area contributed by atoms with Crippen LogP contribution in [-0.2, 0) is 13.6 Å². The van der Waals surface area contributed by atoms with Crippen molar-refractivity contribution < 1.29 is 0 Å². The molecule has 3 aromatic rings. The van der Waals surface area contributed by atoms with Gasteiger partial charge in [-0.3, -0.25) is 4.68 Å². The van der Waals surface area contributed by atoms with Gasteiger partial charge in [0.2, 0.25) is 0 Å². The summed E-state index contributed by atoms with van der Waals surface area (Å²) in [6.07, 6.45) is 5.63. The lowest BCUT2D eigenvalue weighted by atomic mass is 10.2. The van der Waals surface area contributed by atoms with Gasteiger partial charge in [0.15, 0.2) is 5.82 Å². The molecule has 2 heterocycles. The molecule has 0 saturated heterocycles. The van der Waals surface area contributed by atoms with Crippen LogP contribution < -0.4 is 5.32 Å². The van der Waals surface area contributed by atoms with E-state index in [-0.39, 0.29) is 0 Å². The van der Waals surface area contributed by atoms with Crippen LogP contribution in [0.5, 0.6) is 0 Å². The molecule has 1 aromatic carbocycles. The maximum atomic E-state index is 4.39. The van der Waals surface area contributed by atoms with Crippen LogP contribution in [0, 0.1) is 6.92 Å². The van der Waals surface area contributed by atoms with Crippen LogP contribution in [0.15, 0.2) is 48.9 Å². The summed E-state index contributed by atoms with van der Waals surface area (Å²) in [5.74, 6) is 0.735. The van der Waals surface area contributed by atoms with Crippen molar-refractivity contribution in [1.82, 2.24) is 19.7 Å². The van der Waals surface area contributed by atoms with Gasteiger partial charge in [0.05, 0.1) is 23.8 Å². The van der Waals surface area contributed by atoms with Crippen molar-refractivity contribution in [2.75, 3.05) is 5.32 Å². The van der Waals surface area contributed by atoms with E-state index in [9.17, 15) is 0 Å². The van der Waals surface area contributed by atoms with Crippen LogP contribution >= 0.6 is 0 Å². The van der Waals surface area contributed by atoms with Crippen LogP contribution in [0.25, 0.3) is 11.4 Å². The summed E-state index contributed by atoms with van der Waals surface area (Å²) in [5.41, 5.74) is 4.13. The Hall–Kier alpha value is -2.69. The lowest BCUT2D eigenvalue weighted by Crippen LogP contribution is -2.01. The van der Waals surface area contributed by atoms with Crippen molar-refractivity contribution in [3.05, 3.63) is 60.2 Å². The van der Waals surface area contributed by atoms with E-state index >= 15 is 0 Å². The van der Waals surface area contributed by atoms with Gasteiger partial charge in [-0.25, -0.2) is 9.97 Å². The Labute approximate surface area is 123 Å². The molecule has 0 atom stereocenters. The topological polar surface area (TPSA) is 55.6 Å². The summed E-state index contributed by atoms with van der Waals surface area (Å²) in [7, 11) is 1.92. The summed E-state index contributed by atoms with van der Waals surface area (Å²) in [6, 6.07) is 9.95. The predicted molar refractivity (Wildman–Crippen MR) is 82.7 cm³/mol. The summed E-state index contributed by atoms with van der Waals surface area (Å²) in [5, 5.41) is 7.64. The molecule has 21 heavy (non-hydrogen) atoms. The molecule has 5 nitrogen and oxygen atoms in total. The van der Waals surface area contributed by atoms with E-state index in [1.165, 1.54) is 5.56 Å². The molecular formula is C16H17N5. The van der Waals surface area contributed by atoms with E-state index in [0.29, 0.717) is 6.54 Å². The minimum absolute atomic E-state index is 0.716. The summed E-state index contributed by atoms with van der Waals surface area (Å²) in [4.78, 5) is 8.79. The molecule has 0 unspecified atom stereocenters. The maximum Gasteiger partial charge on any atom is 0.159 e. The van der Waals surface area contributed by atoms with Gasteiger partial charge in [0, 0.05) is 30.9 Å². The van der Waals surface area contributed by atoms with Crippen LogP contribution in [0.4, 0.5) is 5.69 Å². The second-order valence-corrected chi connectivity index (χ2v) is 4.93. The summed E-state index contributed by atoms with van der Waals surface area (Å²) < 4.78 is 1.82. The van der Waals surface area contributed by atoms with E-state index < -0.39 is 0 Å². The molecule has 0 aliphatic heterocycles. The van der Waals surface area contributed by atoms with E-state index in [1.807, 2.05) is 55.2 Å². The van der Waals surface area contributed by atoms with Crippen molar-refractivity contribution in [3.63, 3.8) is 0 Å². The molecular weight excluding hydrogens is 262 g/mol. The Kier molecular flexibility index (Phi) is 3.64. The molecule has 5 heteroatoms. The number of rotatable bonds is 4. The monoisotopic (exact) mass is 279 g/mol. The third kappa shape index (κ3) is 3.08. The summed E-state index contributed by atoms with van der Waals surface area (Å²) >= 11 is 0. The van der Waals surface area contributed by atoms with Gasteiger partial charge in [-0.15, -0.1) is 0 Å². The van der Waals surface area contributed by atoms with Gasteiger partial charge in [0.1, 0.15) is 0 Å². The zero-order chi connectivity index (χ0) is 14.7. The lowest BCUT2D eigenvalue weighted by molar-refractivity contribution is 0.756. The Morgan fingerprint density at radius 1 is 1.10 bits per heavy atom. The predicted octanol–water partition coefficient (Wildman–Crippen LogP) is 2.80. The Morgan fingerprint density at radius 3 is 2.43 bits per heavy atom. The smallest absolute Gasteiger partial charge is 0.159 e. The highest BCUT2D eigenvalue weighted by atomic mass is 15.2. The Bertz CT molecular complexity index is 716. The highest BCUT2D eigenvalue weighted by Crippen LogP contribution is 2.15. The minimum Gasteiger partial charge on any atom is -0.378 e. The van der Waals surface area contributed by atoms with Crippen molar-refractivity contribution in [3.8, 4) is 11.4 Å². The van der Waals surface area contributed by atoms with Gasteiger partial charge in [-0.1, -0.05) is 30.3 Å². The van der Waals surface area contributed by atoms with Crippen molar-refractivity contribution in [2.45, 2.75) is 13.5 Å². The number of nitrogens with one attached hydrogen (secondary N) is 1. The minimum atomic E-state index is 0.716. The number of aromatic nitrogens is 4. The van der Waals surface area contributed by atoms with Crippen molar-refractivity contribution in [1.29, 1.82) is 0 Å². The first-order valence-electron chi connectivity index (χ1n) is 6.83. The third-order valence-electron chi connectivity index (χ3n) is 3.28. The van der Waals surface area contributed by atoms with E-state index in [2.05, 4.69) is 20.4 Å². The largest absolute Gasteiger partial charge is 0.378 e. The van der Waals surface area contributed by atoms with Crippen LogP contribution in [0.3, 0.4) is 0 Å². The van der Waals surface area contributed by atoms with E-state index in [4.69, 9.17) is 0 Å². The fraction of sp³-hybridized carbons (Fsp3) is 0.188. The maximum absolute atomic E-state index is 4.39. The number of aryl methyl sites for hydroxylation is 2. The van der Waals surface area contributed by atoms with E-state index in [0.717, 1.165) is 22.8 Å². The average Bonchev–Trinajstić information content (AvgIpc) is 2.84. The molecule has 0 bridgehead atoms. The van der Waals surface area contributed by atoms with Gasteiger partial charge in [-0.05, 0) is 6.92 Å². The number of anilines is 1. The second kappa shape index (κ2) is 5.75. The molecule has 0 amide bonds. The number of nitrogens with zero attached hydrogens (tertiary/aromatic N) is 4. The first-order chi connectivity index (χ1) is 10.2. The lowest BCUT2D eigenvalue weighted by Gasteiger charge is -2.05. The zero-order valence-electron chi connectivity index (χ0n) is 12.1. The number of hydrogen-bond donors (Lipinski definition) is 1. The van der Waals surface area contributed by atoms with Crippen LogP contribution in [0.1, 0.15) is 11.3 Å². The summed E-state index contributed by atoms with van der Waals surface area (Å²) in [6.45, 7) is 2.72. The zero-order valence-corrected chi connectivity index (χ0v) is 12.1. The quantitative estimate of drug-likeness (QED) is 0.798. The molecule has 2 aromatic heterocycles. The first kappa shape index (κ1) is 13.3. The molecule has 0 spiro atoms. The molecule has 1 N–H and O–H groups in total. The number of hydrogen-bond acceptors (Lipinski definition) is 4. The standard InChI is InChI=1S/C16H17N5/c1-12-14(11-21(2)20-12)8-17-15-9-18-16(19-10-15)13-6-4-3-5-7-13/h3-7,9-11,17H,8H2,1-2H3. The van der Waals surface area contributed by atoms with Gasteiger partial charge in [-0.2, -0.15) is 5.10 Å². The van der Waals surface area contributed by atoms with Crippen molar-refractivity contribution >= 4 is 5.69 Å². The Morgan fingerprint density at radius 2 is 1.81 bits per heavy atom. The molecule has 0 aliphatic carbocycles. The van der Waals surface area contributed by atoms with Gasteiger partial charge in [0.25, 0.3) is 0 Å². The number of benzene rings is 1. The Balaban J connectivity index is 1.69. The average molecular weight is 279 g/mol. The molecule has 0 radical (unpaired) electrons. The third-order valence-corrected chi connectivity index (χ3v) is 3.28. The van der Waals surface area contributed by atoms with Crippen LogP contribution in [0.2, 0.25) is 0 Å². The molecule has 0 saturated carbocycles. The highest BCUT2D eigenvalue weighted by molar-refractivity contribution is 5.55. The van der Waals surface area contributed by atoms with Gasteiger partial charge < -0.3 is 5.32 Å². The molecule has 3 rings (SSSR count). The van der Waals surface area contributed by atoms with E-state index in [1.54, 1.807) is 12.4 Å². The highest BCUT2D eigenvalue weighted by Gasteiger charge is 2.04. The second-order valence-electron chi connectivity index (χ2n) is 4.93. The first-order valence-corrected chi connectivity index (χ1v) is 6.83. The molecule has 0 aliphatic rings. The van der Waals surface area contributed by atoms with Gasteiger partial charge >= 0.3 is 0 Å². The normalized spacial score (nSPS) is 10.6. The van der Waals surface area contributed by atoms with Crippen LogP contribution in [-0.4, -0.2) is 19.7 Å². The fourth-order valence-corrected chi connectivity index (χ4v) is 2.18. The molecule has 106 valence electrons. The fourth-order valence-electron chi connectivity index (χ4n) is 2.18.